The molecule has 0 fully saturated rings. The second kappa shape index (κ2) is 7.43. The van der Waals surface area contributed by atoms with E-state index in [1.807, 2.05) is 0 Å². The summed E-state index contributed by atoms with van der Waals surface area (Å²) in [4.78, 5) is 0. The summed E-state index contributed by atoms with van der Waals surface area (Å²) in [7, 11) is 0. The molecule has 0 aromatic heterocycles. The minimum atomic E-state index is 0.174. The molecule has 0 spiro atoms. The zero-order valence-corrected chi connectivity index (χ0v) is 8.77. The number of nitriles is 1. The SMILES string of the molecule is CCCC(CC)C(C#N)CCCl. The second-order valence-corrected chi connectivity index (χ2v) is 3.55. The molecule has 0 aromatic rings. The fourth-order valence-electron chi connectivity index (χ4n) is 1.58. The van der Waals surface area contributed by atoms with Crippen LogP contribution in [-0.2, 0) is 0 Å². The van der Waals surface area contributed by atoms with Crippen molar-refractivity contribution in [3.63, 3.8) is 0 Å². The monoisotopic (exact) mass is 187 g/mol. The lowest BCUT2D eigenvalue weighted by atomic mass is 9.86. The number of nitrogens with zero attached hydrogens (tertiary/aromatic N) is 1. The Balaban J connectivity index is 3.95. The predicted molar refractivity (Wildman–Crippen MR) is 53.1 cm³/mol. The molecule has 0 aliphatic heterocycles. The van der Waals surface area contributed by atoms with Crippen molar-refractivity contribution < 1.29 is 0 Å². The van der Waals surface area contributed by atoms with E-state index in [2.05, 4.69) is 19.9 Å². The molecule has 0 heterocycles. The molecule has 0 aromatic carbocycles. The minimum Gasteiger partial charge on any atom is -0.198 e. The van der Waals surface area contributed by atoms with E-state index in [1.54, 1.807) is 0 Å². The van der Waals surface area contributed by atoms with Crippen LogP contribution in [0.2, 0.25) is 0 Å². The van der Waals surface area contributed by atoms with Crippen LogP contribution in [0.4, 0.5) is 0 Å². The summed E-state index contributed by atoms with van der Waals surface area (Å²) in [5, 5.41) is 8.88. The van der Waals surface area contributed by atoms with Gasteiger partial charge >= 0.3 is 0 Å². The Bertz CT molecular complexity index is 139. The Labute approximate surface area is 80.7 Å². The molecule has 0 amide bonds. The van der Waals surface area contributed by atoms with Gasteiger partial charge in [-0.2, -0.15) is 5.26 Å². The average Bonchev–Trinajstić information content (AvgIpc) is 2.11. The standard InChI is InChI=1S/C10H18ClN/c1-3-5-9(4-2)10(8-12)6-7-11/h9-10H,3-7H2,1-2H3. The Morgan fingerprint density at radius 1 is 1.33 bits per heavy atom. The minimum absolute atomic E-state index is 0.174. The van der Waals surface area contributed by atoms with Gasteiger partial charge in [0.05, 0.1) is 12.0 Å². The van der Waals surface area contributed by atoms with Gasteiger partial charge in [0, 0.05) is 5.88 Å². The zero-order valence-electron chi connectivity index (χ0n) is 8.02. The molecule has 1 nitrogen and oxygen atoms in total. The van der Waals surface area contributed by atoms with Gasteiger partial charge < -0.3 is 0 Å². The summed E-state index contributed by atoms with van der Waals surface area (Å²) in [5.41, 5.74) is 0. The lowest BCUT2D eigenvalue weighted by Gasteiger charge is -2.18. The highest BCUT2D eigenvalue weighted by Crippen LogP contribution is 2.23. The number of halogens is 1. The highest BCUT2D eigenvalue weighted by molar-refractivity contribution is 6.17. The molecule has 2 atom stereocenters. The third kappa shape index (κ3) is 3.97. The molecule has 2 heteroatoms. The van der Waals surface area contributed by atoms with E-state index in [9.17, 15) is 0 Å². The van der Waals surface area contributed by atoms with E-state index in [0.717, 1.165) is 19.3 Å². The van der Waals surface area contributed by atoms with Crippen LogP contribution < -0.4 is 0 Å². The molecule has 0 saturated heterocycles. The largest absolute Gasteiger partial charge is 0.198 e. The van der Waals surface area contributed by atoms with Gasteiger partial charge in [-0.25, -0.2) is 0 Å². The first-order chi connectivity index (χ1) is 5.79. The average molecular weight is 188 g/mol. The highest BCUT2D eigenvalue weighted by atomic mass is 35.5. The maximum absolute atomic E-state index is 8.88. The molecular formula is C10H18ClN. The number of hydrogen-bond acceptors (Lipinski definition) is 1. The number of rotatable bonds is 6. The van der Waals surface area contributed by atoms with Gasteiger partial charge in [0.15, 0.2) is 0 Å². The predicted octanol–water partition coefficient (Wildman–Crippen LogP) is 3.58. The Hall–Kier alpha value is -0.220. The van der Waals surface area contributed by atoms with Gasteiger partial charge in [0.1, 0.15) is 0 Å². The fraction of sp³-hybridized carbons (Fsp3) is 0.900. The van der Waals surface area contributed by atoms with Gasteiger partial charge in [-0.3, -0.25) is 0 Å². The molecule has 0 saturated carbocycles. The maximum Gasteiger partial charge on any atom is 0.0659 e. The summed E-state index contributed by atoms with van der Waals surface area (Å²) in [5.74, 6) is 1.34. The summed E-state index contributed by atoms with van der Waals surface area (Å²) < 4.78 is 0. The van der Waals surface area contributed by atoms with Crippen LogP contribution in [0.1, 0.15) is 39.5 Å². The van der Waals surface area contributed by atoms with Crippen LogP contribution >= 0.6 is 11.6 Å². The van der Waals surface area contributed by atoms with Gasteiger partial charge in [-0.15, -0.1) is 11.6 Å². The van der Waals surface area contributed by atoms with Crippen LogP contribution in [0.15, 0.2) is 0 Å². The van der Waals surface area contributed by atoms with Crippen molar-refractivity contribution in [2.75, 3.05) is 5.88 Å². The molecule has 0 N–H and O–H groups in total. The molecule has 12 heavy (non-hydrogen) atoms. The molecule has 0 aliphatic rings. The first-order valence-electron chi connectivity index (χ1n) is 4.75. The first-order valence-corrected chi connectivity index (χ1v) is 5.29. The van der Waals surface area contributed by atoms with Crippen LogP contribution in [0, 0.1) is 23.2 Å². The molecule has 2 unspecified atom stereocenters. The lowest BCUT2D eigenvalue weighted by molar-refractivity contribution is 0.355. The zero-order chi connectivity index (χ0) is 9.40. The van der Waals surface area contributed by atoms with Crippen molar-refractivity contribution in [1.82, 2.24) is 0 Å². The molecule has 0 bridgehead atoms. The van der Waals surface area contributed by atoms with Crippen LogP contribution in [0.25, 0.3) is 0 Å². The Morgan fingerprint density at radius 3 is 2.33 bits per heavy atom. The smallest absolute Gasteiger partial charge is 0.0659 e. The van der Waals surface area contributed by atoms with E-state index in [0.29, 0.717) is 11.8 Å². The van der Waals surface area contributed by atoms with Crippen molar-refractivity contribution in [1.29, 1.82) is 5.26 Å². The number of alkyl halides is 1. The summed E-state index contributed by atoms with van der Waals surface area (Å²) >= 11 is 5.63. The third-order valence-corrected chi connectivity index (χ3v) is 2.56. The molecule has 70 valence electrons. The molecule has 0 rings (SSSR count). The third-order valence-electron chi connectivity index (χ3n) is 2.34. The molecule has 0 radical (unpaired) electrons. The van der Waals surface area contributed by atoms with E-state index in [4.69, 9.17) is 16.9 Å². The van der Waals surface area contributed by atoms with Crippen molar-refractivity contribution >= 4 is 11.6 Å². The van der Waals surface area contributed by atoms with E-state index < -0.39 is 0 Å². The lowest BCUT2D eigenvalue weighted by Crippen LogP contribution is -2.12. The van der Waals surface area contributed by atoms with Crippen molar-refractivity contribution in [2.24, 2.45) is 11.8 Å². The van der Waals surface area contributed by atoms with E-state index in [-0.39, 0.29) is 5.92 Å². The van der Waals surface area contributed by atoms with Gasteiger partial charge in [-0.1, -0.05) is 26.7 Å². The Kier molecular flexibility index (Phi) is 7.29. The van der Waals surface area contributed by atoms with Crippen molar-refractivity contribution in [2.45, 2.75) is 39.5 Å². The highest BCUT2D eigenvalue weighted by Gasteiger charge is 2.17. The van der Waals surface area contributed by atoms with Crippen molar-refractivity contribution in [3.8, 4) is 6.07 Å². The molecule has 0 aliphatic carbocycles. The van der Waals surface area contributed by atoms with Gasteiger partial charge in [0.2, 0.25) is 0 Å². The number of hydrogen-bond donors (Lipinski definition) is 0. The fourth-order valence-corrected chi connectivity index (χ4v) is 1.82. The van der Waals surface area contributed by atoms with E-state index >= 15 is 0 Å². The summed E-state index contributed by atoms with van der Waals surface area (Å²) in [6.45, 7) is 4.32. The second-order valence-electron chi connectivity index (χ2n) is 3.17. The molecular weight excluding hydrogens is 170 g/mol. The summed E-state index contributed by atoms with van der Waals surface area (Å²) in [6, 6.07) is 2.35. The Morgan fingerprint density at radius 2 is 2.00 bits per heavy atom. The van der Waals surface area contributed by atoms with Crippen molar-refractivity contribution in [3.05, 3.63) is 0 Å². The van der Waals surface area contributed by atoms with Crippen LogP contribution in [0.3, 0.4) is 0 Å². The van der Waals surface area contributed by atoms with Crippen LogP contribution in [0.5, 0.6) is 0 Å². The normalized spacial score (nSPS) is 15.2. The van der Waals surface area contributed by atoms with Crippen LogP contribution in [-0.4, -0.2) is 5.88 Å². The first kappa shape index (κ1) is 11.8. The maximum atomic E-state index is 8.88. The quantitative estimate of drug-likeness (QED) is 0.584. The van der Waals surface area contributed by atoms with Gasteiger partial charge in [-0.05, 0) is 18.8 Å². The topological polar surface area (TPSA) is 23.8 Å². The summed E-state index contributed by atoms with van der Waals surface area (Å²) in [6.07, 6.45) is 4.27. The van der Waals surface area contributed by atoms with Gasteiger partial charge in [0.25, 0.3) is 0 Å². The van der Waals surface area contributed by atoms with E-state index in [1.165, 1.54) is 6.42 Å².